The molecule has 0 saturated carbocycles. The molecule has 0 fully saturated rings. The van der Waals surface area contributed by atoms with Crippen LogP contribution in [-0.4, -0.2) is 52.0 Å². The van der Waals surface area contributed by atoms with Crippen LogP contribution in [0, 0.1) is 6.92 Å². The minimum Gasteiger partial charge on any atom is -0.496 e. The fourth-order valence-electron chi connectivity index (χ4n) is 3.31. The smallest absolute Gasteiger partial charge is 0.341 e. The molecular formula is C22H24ClN5O5S2. The predicted molar refractivity (Wildman–Crippen MR) is 136 cm³/mol. The summed E-state index contributed by atoms with van der Waals surface area (Å²) in [4.78, 5) is 37.1. The fourth-order valence-corrected chi connectivity index (χ4v) is 5.35. The number of carbonyl (C=O) groups is 3. The number of ether oxygens (including phenoxy) is 2. The van der Waals surface area contributed by atoms with Gasteiger partial charge in [-0.3, -0.25) is 9.59 Å². The van der Waals surface area contributed by atoms with Crippen LogP contribution in [0.25, 0.3) is 11.4 Å². The summed E-state index contributed by atoms with van der Waals surface area (Å²) in [6.45, 7) is 5.87. The monoisotopic (exact) mass is 537 g/mol. The molecule has 0 aliphatic rings. The van der Waals surface area contributed by atoms with Crippen LogP contribution >= 0.6 is 34.7 Å². The molecule has 0 radical (unpaired) electrons. The minimum atomic E-state index is -0.687. The molecular weight excluding hydrogens is 514 g/mol. The Balaban J connectivity index is 1.81. The van der Waals surface area contributed by atoms with Crippen LogP contribution in [0.3, 0.4) is 0 Å². The molecule has 2 amide bonds. The zero-order valence-electron chi connectivity index (χ0n) is 19.5. The first-order chi connectivity index (χ1) is 16.7. The average molecular weight is 538 g/mol. The molecule has 0 spiro atoms. The summed E-state index contributed by atoms with van der Waals surface area (Å²) in [5, 5.41) is 12.4. The third-order valence-electron chi connectivity index (χ3n) is 4.87. The van der Waals surface area contributed by atoms with Gasteiger partial charge in [-0.25, -0.2) is 4.79 Å². The number of anilines is 1. The lowest BCUT2D eigenvalue weighted by atomic mass is 10.1. The van der Waals surface area contributed by atoms with Crippen molar-refractivity contribution < 1.29 is 23.9 Å². The van der Waals surface area contributed by atoms with Gasteiger partial charge in [-0.2, -0.15) is 0 Å². The van der Waals surface area contributed by atoms with E-state index in [9.17, 15) is 14.4 Å². The predicted octanol–water partition coefficient (Wildman–Crippen LogP) is 4.00. The summed E-state index contributed by atoms with van der Waals surface area (Å²) < 4.78 is 12.3. The quantitative estimate of drug-likeness (QED) is 0.292. The number of primary amides is 1. The van der Waals surface area contributed by atoms with Gasteiger partial charge in [0.05, 0.1) is 35.5 Å². The van der Waals surface area contributed by atoms with Crippen molar-refractivity contribution in [2.45, 2.75) is 32.5 Å². The second kappa shape index (κ2) is 11.6. The summed E-state index contributed by atoms with van der Waals surface area (Å²) in [6.07, 6.45) is 0. The number of rotatable bonds is 10. The van der Waals surface area contributed by atoms with Crippen LogP contribution in [0.1, 0.15) is 39.4 Å². The van der Waals surface area contributed by atoms with Crippen molar-refractivity contribution in [1.29, 1.82) is 0 Å². The van der Waals surface area contributed by atoms with Crippen LogP contribution in [0.2, 0.25) is 5.02 Å². The van der Waals surface area contributed by atoms with Crippen molar-refractivity contribution in [3.8, 4) is 17.1 Å². The summed E-state index contributed by atoms with van der Waals surface area (Å²) in [6, 6.07) is 5.21. The average Bonchev–Trinajstić information content (AvgIpc) is 3.38. The lowest BCUT2D eigenvalue weighted by Gasteiger charge is -2.11. The van der Waals surface area contributed by atoms with Gasteiger partial charge in [0.25, 0.3) is 5.91 Å². The Morgan fingerprint density at radius 2 is 2.00 bits per heavy atom. The molecule has 10 nitrogen and oxygen atoms in total. The highest BCUT2D eigenvalue weighted by Crippen LogP contribution is 2.35. The van der Waals surface area contributed by atoms with Crippen molar-refractivity contribution in [3.63, 3.8) is 0 Å². The van der Waals surface area contributed by atoms with Gasteiger partial charge in [0.1, 0.15) is 10.8 Å². The second-order valence-electron chi connectivity index (χ2n) is 7.08. The van der Waals surface area contributed by atoms with E-state index in [4.69, 9.17) is 26.8 Å². The molecule has 1 aromatic carbocycles. The number of amides is 2. The first-order valence-electron chi connectivity index (χ1n) is 10.5. The molecule has 2 aromatic heterocycles. The molecule has 2 heterocycles. The Kier molecular flexibility index (Phi) is 8.76. The van der Waals surface area contributed by atoms with Gasteiger partial charge < -0.3 is 25.1 Å². The van der Waals surface area contributed by atoms with Crippen molar-refractivity contribution >= 4 is 57.5 Å². The highest BCUT2D eigenvalue weighted by molar-refractivity contribution is 7.99. The maximum absolute atomic E-state index is 12.7. The Labute approximate surface area is 215 Å². The largest absolute Gasteiger partial charge is 0.496 e. The molecule has 0 aliphatic carbocycles. The maximum Gasteiger partial charge on any atom is 0.341 e. The van der Waals surface area contributed by atoms with E-state index in [-0.39, 0.29) is 27.8 Å². The lowest BCUT2D eigenvalue weighted by Crippen LogP contribution is -2.17. The molecule has 35 heavy (non-hydrogen) atoms. The summed E-state index contributed by atoms with van der Waals surface area (Å²) in [5.74, 6) is -0.591. The topological polar surface area (TPSA) is 138 Å². The Hall–Kier alpha value is -3.09. The van der Waals surface area contributed by atoms with E-state index in [1.54, 1.807) is 39.2 Å². The zero-order valence-corrected chi connectivity index (χ0v) is 21.9. The molecule has 3 N–H and O–H groups in total. The highest BCUT2D eigenvalue weighted by Gasteiger charge is 2.26. The number of halogens is 1. The van der Waals surface area contributed by atoms with Crippen LogP contribution < -0.4 is 15.8 Å². The number of nitrogens with one attached hydrogen (secondary N) is 1. The van der Waals surface area contributed by atoms with E-state index in [0.29, 0.717) is 39.4 Å². The molecule has 0 bridgehead atoms. The normalized spacial score (nSPS) is 10.8. The standard InChI is InChI=1S/C22H24ClN5O5S2/c1-5-28-19(13-9-12(23)7-8-14(13)32-4)26-27-22(28)34-10-15(29)25-20-16(21(31)33-6-2)11(3)17(35-20)18(24)30/h7-9H,5-6,10H2,1-4H3,(H2,24,30)(H,25,29). The molecule has 186 valence electrons. The summed E-state index contributed by atoms with van der Waals surface area (Å²) in [5.41, 5.74) is 6.59. The first-order valence-corrected chi connectivity index (χ1v) is 12.7. The van der Waals surface area contributed by atoms with Gasteiger partial charge >= 0.3 is 5.97 Å². The number of esters is 1. The van der Waals surface area contributed by atoms with Crippen LogP contribution in [0.5, 0.6) is 5.75 Å². The number of thioether (sulfide) groups is 1. The number of hydrogen-bond acceptors (Lipinski definition) is 9. The molecule has 3 rings (SSSR count). The molecule has 0 aliphatic heterocycles. The van der Waals surface area contributed by atoms with Gasteiger partial charge in [-0.1, -0.05) is 23.4 Å². The fraction of sp³-hybridized carbons (Fsp3) is 0.318. The molecule has 3 aromatic rings. The van der Waals surface area contributed by atoms with Crippen molar-refractivity contribution in [2.24, 2.45) is 5.73 Å². The van der Waals surface area contributed by atoms with Gasteiger partial charge in [-0.15, -0.1) is 21.5 Å². The Morgan fingerprint density at radius 1 is 1.26 bits per heavy atom. The maximum atomic E-state index is 12.7. The minimum absolute atomic E-state index is 0.0179. The number of carbonyl (C=O) groups excluding carboxylic acids is 3. The van der Waals surface area contributed by atoms with Crippen LogP contribution in [-0.2, 0) is 16.1 Å². The Bertz CT molecular complexity index is 1270. The van der Waals surface area contributed by atoms with E-state index < -0.39 is 17.8 Å². The van der Waals surface area contributed by atoms with E-state index in [1.807, 2.05) is 11.5 Å². The number of benzene rings is 1. The first kappa shape index (κ1) is 26.5. The zero-order chi connectivity index (χ0) is 25.7. The third kappa shape index (κ3) is 5.77. The molecule has 0 unspecified atom stereocenters. The SMILES string of the molecule is CCOC(=O)c1c(NC(=O)CSc2nnc(-c3cc(Cl)ccc3OC)n2CC)sc(C(N)=O)c1C. The Morgan fingerprint density at radius 3 is 2.63 bits per heavy atom. The van der Waals surface area contributed by atoms with E-state index in [0.717, 1.165) is 11.3 Å². The van der Waals surface area contributed by atoms with E-state index in [2.05, 4.69) is 15.5 Å². The molecule has 13 heteroatoms. The lowest BCUT2D eigenvalue weighted by molar-refractivity contribution is -0.113. The molecule has 0 saturated heterocycles. The van der Waals surface area contributed by atoms with Crippen LogP contribution in [0.15, 0.2) is 23.4 Å². The summed E-state index contributed by atoms with van der Waals surface area (Å²) in [7, 11) is 1.56. The van der Waals surface area contributed by atoms with E-state index >= 15 is 0 Å². The second-order valence-corrected chi connectivity index (χ2v) is 9.48. The van der Waals surface area contributed by atoms with Crippen molar-refractivity contribution in [3.05, 3.63) is 39.2 Å². The number of aromatic nitrogens is 3. The van der Waals surface area contributed by atoms with Gasteiger partial charge in [0, 0.05) is 11.6 Å². The number of nitrogens with zero attached hydrogens (tertiary/aromatic N) is 3. The van der Waals surface area contributed by atoms with Crippen molar-refractivity contribution in [2.75, 3.05) is 24.8 Å². The number of thiophene rings is 1. The van der Waals surface area contributed by atoms with Crippen LogP contribution in [0.4, 0.5) is 5.00 Å². The van der Waals surface area contributed by atoms with Gasteiger partial charge in [0.15, 0.2) is 11.0 Å². The number of methoxy groups -OCH3 is 1. The highest BCUT2D eigenvalue weighted by atomic mass is 35.5. The molecule has 0 atom stereocenters. The van der Waals surface area contributed by atoms with Gasteiger partial charge in [0.2, 0.25) is 5.91 Å². The summed E-state index contributed by atoms with van der Waals surface area (Å²) >= 11 is 8.27. The van der Waals surface area contributed by atoms with Crippen molar-refractivity contribution in [1.82, 2.24) is 14.8 Å². The number of nitrogens with two attached hydrogens (primary N) is 1. The van der Waals surface area contributed by atoms with Gasteiger partial charge in [-0.05, 0) is 44.5 Å². The third-order valence-corrected chi connectivity index (χ3v) is 7.29. The van der Waals surface area contributed by atoms with E-state index in [1.165, 1.54) is 11.8 Å². The number of hydrogen-bond donors (Lipinski definition) is 2.